The van der Waals surface area contributed by atoms with Crippen molar-refractivity contribution in [2.75, 3.05) is 18.6 Å². The first-order valence-electron chi connectivity index (χ1n) is 7.22. The number of nitrogen functional groups attached to an aromatic ring is 1. The number of fused-ring (bicyclic) bond motifs is 1. The highest BCUT2D eigenvalue weighted by atomic mass is 32.1. The Kier molecular flexibility index (Phi) is 4.08. The molecular formula is C14H21N5OS. The number of rotatable bonds is 4. The third-order valence-electron chi connectivity index (χ3n) is 4.27. The lowest BCUT2D eigenvalue weighted by Crippen LogP contribution is -2.32. The summed E-state index contributed by atoms with van der Waals surface area (Å²) in [6, 6.07) is 0.227. The van der Waals surface area contributed by atoms with E-state index >= 15 is 0 Å². The zero-order chi connectivity index (χ0) is 15.0. The molecule has 3 heterocycles. The van der Waals surface area contributed by atoms with Gasteiger partial charge in [0.25, 0.3) is 0 Å². The maximum absolute atomic E-state index is 9.41. The topological polar surface area (TPSA) is 87.3 Å². The SMILES string of the molecule is Cc1sc2nc(CN3CCCC3CO)nc(NN)c2c1C. The molecule has 0 radical (unpaired) electrons. The van der Waals surface area contributed by atoms with Gasteiger partial charge in [0.1, 0.15) is 10.7 Å². The summed E-state index contributed by atoms with van der Waals surface area (Å²) in [6.45, 7) is 6.00. The number of aromatic nitrogens is 2. The van der Waals surface area contributed by atoms with Crippen LogP contribution in [0.3, 0.4) is 0 Å². The van der Waals surface area contributed by atoms with Crippen LogP contribution in [0.1, 0.15) is 29.1 Å². The number of anilines is 1. The van der Waals surface area contributed by atoms with Gasteiger partial charge in [-0.2, -0.15) is 0 Å². The fourth-order valence-corrected chi connectivity index (χ4v) is 4.01. The van der Waals surface area contributed by atoms with Crippen LogP contribution in [0.15, 0.2) is 0 Å². The first-order valence-corrected chi connectivity index (χ1v) is 8.03. The number of thiophene rings is 1. The third-order valence-corrected chi connectivity index (χ3v) is 5.37. The van der Waals surface area contributed by atoms with Gasteiger partial charge >= 0.3 is 0 Å². The summed E-state index contributed by atoms with van der Waals surface area (Å²) in [7, 11) is 0. The molecule has 114 valence electrons. The van der Waals surface area contributed by atoms with Gasteiger partial charge in [-0.25, -0.2) is 15.8 Å². The predicted octanol–water partition coefficient (Wildman–Crippen LogP) is 1.55. The number of likely N-dealkylation sites (tertiary alicyclic amines) is 1. The number of nitrogens with zero attached hydrogens (tertiary/aromatic N) is 3. The standard InChI is InChI=1S/C14H21N5OS/c1-8-9(2)21-14-12(8)13(18-15)16-11(17-14)6-19-5-3-4-10(19)7-20/h10,20H,3-7,15H2,1-2H3,(H,16,17,18). The number of hydrogen-bond acceptors (Lipinski definition) is 7. The van der Waals surface area contributed by atoms with Crippen molar-refractivity contribution < 1.29 is 5.11 Å². The van der Waals surface area contributed by atoms with Gasteiger partial charge in [0.15, 0.2) is 5.82 Å². The van der Waals surface area contributed by atoms with Crippen molar-refractivity contribution in [2.45, 2.75) is 39.3 Å². The molecular weight excluding hydrogens is 286 g/mol. The van der Waals surface area contributed by atoms with Crippen LogP contribution in [-0.2, 0) is 6.54 Å². The van der Waals surface area contributed by atoms with E-state index in [0.29, 0.717) is 12.4 Å². The number of aliphatic hydroxyl groups is 1. The van der Waals surface area contributed by atoms with Crippen LogP contribution in [-0.4, -0.2) is 39.2 Å². The van der Waals surface area contributed by atoms with Crippen molar-refractivity contribution in [3.05, 3.63) is 16.3 Å². The van der Waals surface area contributed by atoms with Crippen molar-refractivity contribution in [3.8, 4) is 0 Å². The minimum absolute atomic E-state index is 0.196. The zero-order valence-corrected chi connectivity index (χ0v) is 13.2. The van der Waals surface area contributed by atoms with Gasteiger partial charge in [-0.3, -0.25) is 4.90 Å². The predicted molar refractivity (Wildman–Crippen MR) is 85.2 cm³/mol. The minimum atomic E-state index is 0.196. The van der Waals surface area contributed by atoms with Crippen molar-refractivity contribution in [2.24, 2.45) is 5.84 Å². The number of aliphatic hydroxyl groups excluding tert-OH is 1. The molecule has 0 spiro atoms. The van der Waals surface area contributed by atoms with Crippen molar-refractivity contribution in [1.82, 2.24) is 14.9 Å². The lowest BCUT2D eigenvalue weighted by Gasteiger charge is -2.21. The highest BCUT2D eigenvalue weighted by Crippen LogP contribution is 2.33. The summed E-state index contributed by atoms with van der Waals surface area (Å²) in [5.41, 5.74) is 3.89. The van der Waals surface area contributed by atoms with E-state index in [4.69, 9.17) is 5.84 Å². The highest BCUT2D eigenvalue weighted by molar-refractivity contribution is 7.18. The Balaban J connectivity index is 1.96. The molecule has 7 heteroatoms. The van der Waals surface area contributed by atoms with Crippen LogP contribution < -0.4 is 11.3 Å². The number of nitrogens with two attached hydrogens (primary N) is 1. The minimum Gasteiger partial charge on any atom is -0.395 e. The Bertz CT molecular complexity index is 656. The summed E-state index contributed by atoms with van der Waals surface area (Å²) in [4.78, 5) is 13.7. The van der Waals surface area contributed by atoms with Crippen molar-refractivity contribution in [1.29, 1.82) is 0 Å². The van der Waals surface area contributed by atoms with E-state index in [2.05, 4.69) is 34.1 Å². The van der Waals surface area contributed by atoms with Gasteiger partial charge < -0.3 is 10.5 Å². The molecule has 2 aromatic rings. The summed E-state index contributed by atoms with van der Waals surface area (Å²) in [5, 5.41) is 10.4. The second-order valence-electron chi connectivity index (χ2n) is 5.55. The van der Waals surface area contributed by atoms with E-state index in [-0.39, 0.29) is 12.6 Å². The van der Waals surface area contributed by atoms with Gasteiger partial charge in [-0.05, 0) is 38.8 Å². The number of hydrazine groups is 1. The molecule has 1 aliphatic heterocycles. The molecule has 6 nitrogen and oxygen atoms in total. The van der Waals surface area contributed by atoms with Gasteiger partial charge in [0, 0.05) is 10.9 Å². The molecule has 1 fully saturated rings. The van der Waals surface area contributed by atoms with Crippen molar-refractivity contribution in [3.63, 3.8) is 0 Å². The fourth-order valence-electron chi connectivity index (χ4n) is 2.96. The van der Waals surface area contributed by atoms with E-state index in [1.54, 1.807) is 11.3 Å². The average Bonchev–Trinajstić information content (AvgIpc) is 3.03. The van der Waals surface area contributed by atoms with Gasteiger partial charge in [-0.1, -0.05) is 0 Å². The Labute approximate surface area is 128 Å². The zero-order valence-electron chi connectivity index (χ0n) is 12.4. The fraction of sp³-hybridized carbons (Fsp3) is 0.571. The van der Waals surface area contributed by atoms with Crippen molar-refractivity contribution >= 4 is 27.4 Å². The normalized spacial score (nSPS) is 19.5. The maximum atomic E-state index is 9.41. The molecule has 1 saturated heterocycles. The molecule has 3 rings (SSSR count). The summed E-state index contributed by atoms with van der Waals surface area (Å²) in [6.07, 6.45) is 2.16. The Morgan fingerprint density at radius 2 is 2.24 bits per heavy atom. The van der Waals surface area contributed by atoms with E-state index in [0.717, 1.165) is 35.4 Å². The van der Waals surface area contributed by atoms with Gasteiger partial charge in [0.2, 0.25) is 0 Å². The summed E-state index contributed by atoms with van der Waals surface area (Å²) < 4.78 is 0. The third kappa shape index (κ3) is 2.62. The molecule has 0 amide bonds. The molecule has 0 saturated carbocycles. The van der Waals surface area contributed by atoms with Crippen LogP contribution in [0.2, 0.25) is 0 Å². The van der Waals surface area contributed by atoms with Crippen LogP contribution in [0.5, 0.6) is 0 Å². The van der Waals surface area contributed by atoms with Gasteiger partial charge in [0.05, 0.1) is 18.5 Å². The van der Waals surface area contributed by atoms with Gasteiger partial charge in [-0.15, -0.1) is 11.3 Å². The van der Waals surface area contributed by atoms with E-state index in [1.807, 2.05) is 0 Å². The Morgan fingerprint density at radius 3 is 2.95 bits per heavy atom. The average molecular weight is 307 g/mol. The smallest absolute Gasteiger partial charge is 0.152 e. The largest absolute Gasteiger partial charge is 0.395 e. The highest BCUT2D eigenvalue weighted by Gasteiger charge is 2.25. The second kappa shape index (κ2) is 5.84. The van der Waals surface area contributed by atoms with E-state index in [1.165, 1.54) is 10.4 Å². The molecule has 1 atom stereocenters. The maximum Gasteiger partial charge on any atom is 0.152 e. The van der Waals surface area contributed by atoms with Crippen LogP contribution in [0.25, 0.3) is 10.2 Å². The molecule has 1 unspecified atom stereocenters. The first-order chi connectivity index (χ1) is 10.1. The molecule has 0 aliphatic carbocycles. The quantitative estimate of drug-likeness (QED) is 0.587. The number of nitrogens with one attached hydrogen (secondary N) is 1. The summed E-state index contributed by atoms with van der Waals surface area (Å²) in [5.74, 6) is 7.09. The molecule has 0 bridgehead atoms. The molecule has 4 N–H and O–H groups in total. The number of aryl methyl sites for hydroxylation is 2. The lowest BCUT2D eigenvalue weighted by molar-refractivity contribution is 0.151. The van der Waals surface area contributed by atoms with E-state index < -0.39 is 0 Å². The number of hydrogen-bond donors (Lipinski definition) is 3. The Morgan fingerprint density at radius 1 is 1.43 bits per heavy atom. The van der Waals surface area contributed by atoms with E-state index in [9.17, 15) is 5.11 Å². The van der Waals surface area contributed by atoms with Crippen LogP contribution in [0.4, 0.5) is 5.82 Å². The lowest BCUT2D eigenvalue weighted by atomic mass is 10.2. The Hall–Kier alpha value is -1.28. The molecule has 2 aromatic heterocycles. The summed E-state index contributed by atoms with van der Waals surface area (Å²) >= 11 is 1.67. The monoisotopic (exact) mass is 307 g/mol. The molecule has 0 aromatic carbocycles. The van der Waals surface area contributed by atoms with Crippen LogP contribution in [0, 0.1) is 13.8 Å². The molecule has 21 heavy (non-hydrogen) atoms. The van der Waals surface area contributed by atoms with Crippen LogP contribution >= 0.6 is 11.3 Å². The molecule has 1 aliphatic rings. The first kappa shape index (κ1) is 14.6. The second-order valence-corrected chi connectivity index (χ2v) is 6.75.